The molecule has 2 N–H and O–H groups in total. The van der Waals surface area contributed by atoms with Crippen LogP contribution in [0, 0.1) is 11.7 Å². The number of hydrogen-bond donors (Lipinski definition) is 2. The number of aromatic nitrogens is 2. The quantitative estimate of drug-likeness (QED) is 0.519. The first kappa shape index (κ1) is 24.3. The normalized spacial score (nSPS) is 15.4. The number of anilines is 1. The van der Waals surface area contributed by atoms with Crippen molar-refractivity contribution >= 4 is 34.7 Å². The van der Waals surface area contributed by atoms with Crippen molar-refractivity contribution in [3.8, 4) is 5.75 Å². The summed E-state index contributed by atoms with van der Waals surface area (Å²) < 4.78 is 18.1. The lowest BCUT2D eigenvalue weighted by Crippen LogP contribution is -2.45. The maximum atomic E-state index is 13.0. The summed E-state index contributed by atoms with van der Waals surface area (Å²) in [6.45, 7) is 1.03. The summed E-state index contributed by atoms with van der Waals surface area (Å²) in [6.07, 6.45) is 1.33. The molecule has 3 amide bonds. The molecular formula is C24H24FN5O4S. The number of hydrogen-bond acceptors (Lipinski definition) is 7. The topological polar surface area (TPSA) is 114 Å². The largest absolute Gasteiger partial charge is 0.497 e. The summed E-state index contributed by atoms with van der Waals surface area (Å²) in [5, 5.41) is 13.5. The molecule has 35 heavy (non-hydrogen) atoms. The molecule has 1 aliphatic heterocycles. The van der Waals surface area contributed by atoms with Crippen molar-refractivity contribution in [1.29, 1.82) is 0 Å². The van der Waals surface area contributed by atoms with Gasteiger partial charge in [-0.25, -0.2) is 4.39 Å². The van der Waals surface area contributed by atoms with Crippen LogP contribution in [0.25, 0.3) is 0 Å². The molecule has 1 aliphatic rings. The summed E-state index contributed by atoms with van der Waals surface area (Å²) in [5.74, 6) is -1.02. The molecule has 0 radical (unpaired) electrons. The number of likely N-dealkylation sites (tertiary alicyclic amines) is 1. The Labute approximate surface area is 205 Å². The number of carbonyl (C=O) groups excluding carboxylic acids is 3. The Morgan fingerprint density at radius 2 is 1.80 bits per heavy atom. The Hall–Kier alpha value is -3.86. The third kappa shape index (κ3) is 6.18. The summed E-state index contributed by atoms with van der Waals surface area (Å²) in [4.78, 5) is 39.7. The predicted octanol–water partition coefficient (Wildman–Crippen LogP) is 3.11. The number of ether oxygens (including phenoxy) is 1. The summed E-state index contributed by atoms with van der Waals surface area (Å²) >= 11 is 0.907. The third-order valence-electron chi connectivity index (χ3n) is 5.61. The Morgan fingerprint density at radius 1 is 1.09 bits per heavy atom. The van der Waals surface area contributed by atoms with Crippen LogP contribution >= 0.6 is 11.3 Å². The number of benzene rings is 2. The van der Waals surface area contributed by atoms with E-state index in [1.54, 1.807) is 48.4 Å². The molecule has 1 fully saturated rings. The van der Waals surface area contributed by atoms with E-state index in [-0.39, 0.29) is 46.7 Å². The second kappa shape index (κ2) is 11.0. The molecule has 0 bridgehead atoms. The molecule has 0 saturated carbocycles. The molecule has 1 aromatic heterocycles. The maximum absolute atomic E-state index is 13.0. The van der Waals surface area contributed by atoms with Gasteiger partial charge in [0.2, 0.25) is 15.9 Å². The number of amides is 3. The molecule has 0 unspecified atom stereocenters. The lowest BCUT2D eigenvalue weighted by atomic mass is 9.97. The van der Waals surface area contributed by atoms with Crippen LogP contribution in [-0.4, -0.2) is 53.0 Å². The molecule has 3 aromatic rings. The Kier molecular flexibility index (Phi) is 7.66. The van der Waals surface area contributed by atoms with E-state index < -0.39 is 5.91 Å². The molecule has 1 atom stereocenters. The number of piperidine rings is 1. The average Bonchev–Trinajstić information content (AvgIpc) is 3.39. The molecule has 11 heteroatoms. The minimum atomic E-state index is -0.469. The Balaban J connectivity index is 1.32. The van der Waals surface area contributed by atoms with Gasteiger partial charge in [-0.2, -0.15) is 0 Å². The monoisotopic (exact) mass is 497 g/mol. The summed E-state index contributed by atoms with van der Waals surface area (Å²) in [7, 11) is 1.55. The number of nitrogens with zero attached hydrogens (tertiary/aromatic N) is 3. The number of methoxy groups -OCH3 is 1. The summed E-state index contributed by atoms with van der Waals surface area (Å²) in [5.41, 5.74) is 1.35. The standard InChI is InChI=1S/C24H24FN5O4S/c1-34-19-10-8-18(9-11-19)27-21(32)22-28-29-23(35-22)24(33)30-12-2-3-16(14-30)20(31)26-13-15-4-6-17(25)7-5-15/h4-11,16H,2-3,12-14H2,1H3,(H,26,31)(H,27,32)/t16-/m1/s1. The van der Waals surface area contributed by atoms with E-state index in [0.717, 1.165) is 16.9 Å². The first-order valence-electron chi connectivity index (χ1n) is 11.0. The van der Waals surface area contributed by atoms with Gasteiger partial charge in [0, 0.05) is 25.3 Å². The van der Waals surface area contributed by atoms with Gasteiger partial charge in [0.1, 0.15) is 11.6 Å². The molecule has 182 valence electrons. The van der Waals surface area contributed by atoms with Crippen LogP contribution in [-0.2, 0) is 11.3 Å². The van der Waals surface area contributed by atoms with Gasteiger partial charge in [-0.3, -0.25) is 14.4 Å². The van der Waals surface area contributed by atoms with E-state index in [1.165, 1.54) is 12.1 Å². The van der Waals surface area contributed by atoms with E-state index in [1.807, 2.05) is 0 Å². The van der Waals surface area contributed by atoms with E-state index in [2.05, 4.69) is 20.8 Å². The molecule has 2 aromatic carbocycles. The fourth-order valence-electron chi connectivity index (χ4n) is 3.71. The van der Waals surface area contributed by atoms with Crippen molar-refractivity contribution in [2.45, 2.75) is 19.4 Å². The van der Waals surface area contributed by atoms with E-state index >= 15 is 0 Å². The highest BCUT2D eigenvalue weighted by Gasteiger charge is 2.30. The van der Waals surface area contributed by atoms with E-state index in [0.29, 0.717) is 30.8 Å². The van der Waals surface area contributed by atoms with Crippen molar-refractivity contribution in [3.05, 3.63) is 69.9 Å². The predicted molar refractivity (Wildman–Crippen MR) is 128 cm³/mol. The van der Waals surface area contributed by atoms with Crippen molar-refractivity contribution in [2.75, 3.05) is 25.5 Å². The van der Waals surface area contributed by atoms with Crippen LogP contribution in [0.2, 0.25) is 0 Å². The first-order chi connectivity index (χ1) is 16.9. The second-order valence-corrected chi connectivity index (χ2v) is 9.01. The number of carbonyl (C=O) groups is 3. The van der Waals surface area contributed by atoms with Crippen LogP contribution in [0.15, 0.2) is 48.5 Å². The van der Waals surface area contributed by atoms with Crippen LogP contribution in [0.1, 0.15) is 38.0 Å². The van der Waals surface area contributed by atoms with Gasteiger partial charge in [0.25, 0.3) is 11.8 Å². The Bertz CT molecular complexity index is 1200. The summed E-state index contributed by atoms with van der Waals surface area (Å²) in [6, 6.07) is 12.7. The smallest absolute Gasteiger partial charge is 0.286 e. The van der Waals surface area contributed by atoms with Crippen LogP contribution < -0.4 is 15.4 Å². The maximum Gasteiger partial charge on any atom is 0.286 e. The van der Waals surface area contributed by atoms with Crippen molar-refractivity contribution in [3.63, 3.8) is 0 Å². The van der Waals surface area contributed by atoms with Crippen LogP contribution in [0.4, 0.5) is 10.1 Å². The van der Waals surface area contributed by atoms with Crippen LogP contribution in [0.5, 0.6) is 5.75 Å². The van der Waals surface area contributed by atoms with E-state index in [9.17, 15) is 18.8 Å². The molecule has 9 nitrogen and oxygen atoms in total. The minimum Gasteiger partial charge on any atom is -0.497 e. The van der Waals surface area contributed by atoms with Gasteiger partial charge in [-0.1, -0.05) is 23.5 Å². The molecular weight excluding hydrogens is 473 g/mol. The van der Waals surface area contributed by atoms with Gasteiger partial charge in [-0.05, 0) is 54.8 Å². The average molecular weight is 498 g/mol. The van der Waals surface area contributed by atoms with Gasteiger partial charge in [0.15, 0.2) is 0 Å². The molecule has 0 aliphatic carbocycles. The zero-order valence-electron chi connectivity index (χ0n) is 19.0. The first-order valence-corrected chi connectivity index (χ1v) is 11.8. The molecule has 2 heterocycles. The highest BCUT2D eigenvalue weighted by molar-refractivity contribution is 7.15. The van der Waals surface area contributed by atoms with Gasteiger partial charge in [-0.15, -0.1) is 10.2 Å². The third-order valence-corrected chi connectivity index (χ3v) is 6.52. The highest BCUT2D eigenvalue weighted by atomic mass is 32.1. The molecule has 0 spiro atoms. The van der Waals surface area contributed by atoms with Crippen molar-refractivity contribution in [2.24, 2.45) is 5.92 Å². The number of rotatable bonds is 7. The van der Waals surface area contributed by atoms with Crippen LogP contribution in [0.3, 0.4) is 0 Å². The van der Waals surface area contributed by atoms with Gasteiger partial charge >= 0.3 is 0 Å². The fraction of sp³-hybridized carbons (Fsp3) is 0.292. The zero-order chi connectivity index (χ0) is 24.8. The van der Waals surface area contributed by atoms with Crippen molar-refractivity contribution < 1.29 is 23.5 Å². The van der Waals surface area contributed by atoms with Crippen molar-refractivity contribution in [1.82, 2.24) is 20.4 Å². The lowest BCUT2D eigenvalue weighted by Gasteiger charge is -2.31. The lowest BCUT2D eigenvalue weighted by molar-refractivity contribution is -0.126. The molecule has 4 rings (SSSR count). The SMILES string of the molecule is COc1ccc(NC(=O)c2nnc(C(=O)N3CCC[C@@H](C(=O)NCc4ccc(F)cc4)C3)s2)cc1. The van der Waals surface area contributed by atoms with Gasteiger partial charge in [0.05, 0.1) is 13.0 Å². The van der Waals surface area contributed by atoms with Gasteiger partial charge < -0.3 is 20.3 Å². The number of nitrogens with one attached hydrogen (secondary N) is 2. The Morgan fingerprint density at radius 3 is 2.51 bits per heavy atom. The fourth-order valence-corrected chi connectivity index (χ4v) is 4.41. The molecule has 1 saturated heterocycles. The minimum absolute atomic E-state index is 0.0646. The van der Waals surface area contributed by atoms with E-state index in [4.69, 9.17) is 4.74 Å². The second-order valence-electron chi connectivity index (χ2n) is 8.03. The zero-order valence-corrected chi connectivity index (χ0v) is 19.8. The number of halogens is 1. The highest BCUT2D eigenvalue weighted by Crippen LogP contribution is 2.22.